The van der Waals surface area contributed by atoms with Gasteiger partial charge in [0.15, 0.2) is 14.9 Å². The van der Waals surface area contributed by atoms with Crippen LogP contribution in [0.2, 0.25) is 0 Å². The zero-order valence-electron chi connectivity index (χ0n) is 14.7. The molecule has 1 aliphatic rings. The molecule has 1 aromatic rings. The van der Waals surface area contributed by atoms with E-state index in [0.29, 0.717) is 31.2 Å². The Morgan fingerprint density at radius 1 is 1.32 bits per heavy atom. The number of sulfone groups is 1. The minimum Gasteiger partial charge on any atom is -0.497 e. The lowest BCUT2D eigenvalue weighted by atomic mass is 10.2. The van der Waals surface area contributed by atoms with Crippen molar-refractivity contribution in [3.8, 4) is 5.75 Å². The third-order valence-corrected chi connectivity index (χ3v) is 6.39. The molecule has 1 heterocycles. The molecule has 1 aromatic carbocycles. The van der Waals surface area contributed by atoms with Crippen LogP contribution in [0.15, 0.2) is 24.3 Å². The third kappa shape index (κ3) is 6.13. The van der Waals surface area contributed by atoms with Gasteiger partial charge in [-0.2, -0.15) is 0 Å². The second kappa shape index (κ2) is 9.35. The zero-order chi connectivity index (χ0) is 18.3. The molecule has 0 bridgehead atoms. The van der Waals surface area contributed by atoms with Gasteiger partial charge < -0.3 is 19.7 Å². The first-order chi connectivity index (χ1) is 11.9. The second-order valence-electron chi connectivity index (χ2n) is 6.10. The molecule has 0 spiro atoms. The molecule has 1 N–H and O–H groups in total. The highest BCUT2D eigenvalue weighted by Gasteiger charge is 2.33. The predicted octanol–water partition coefficient (Wildman–Crippen LogP) is 1.60. The predicted molar refractivity (Wildman–Crippen MR) is 103 cm³/mol. The van der Waals surface area contributed by atoms with Crippen LogP contribution in [0.1, 0.15) is 18.4 Å². The van der Waals surface area contributed by atoms with E-state index in [-0.39, 0.29) is 17.5 Å². The topological polar surface area (TPSA) is 67.9 Å². The standard InChI is InChI=1S/C17H26N2O4S2/c1-22-10-3-9-19(15-8-11-25(20,21)13-15)17(24)18-12-14-4-6-16(23-2)7-5-14/h4-7,15H,3,8-13H2,1-2H3,(H,18,24)/t15-/m1/s1. The molecule has 0 saturated carbocycles. The first kappa shape index (κ1) is 19.9. The van der Waals surface area contributed by atoms with Crippen molar-refractivity contribution in [1.82, 2.24) is 10.2 Å². The van der Waals surface area contributed by atoms with Gasteiger partial charge in [-0.15, -0.1) is 0 Å². The maximum Gasteiger partial charge on any atom is 0.169 e. The van der Waals surface area contributed by atoms with Gasteiger partial charge in [-0.3, -0.25) is 0 Å². The first-order valence-electron chi connectivity index (χ1n) is 8.32. The van der Waals surface area contributed by atoms with Crippen molar-refractivity contribution in [1.29, 1.82) is 0 Å². The normalized spacial score (nSPS) is 18.7. The molecule has 140 valence electrons. The number of thiocarbonyl (C=S) groups is 1. The molecule has 0 aliphatic carbocycles. The average Bonchev–Trinajstić information content (AvgIpc) is 2.96. The maximum absolute atomic E-state index is 11.8. The summed E-state index contributed by atoms with van der Waals surface area (Å²) in [6.45, 7) is 1.89. The van der Waals surface area contributed by atoms with Crippen LogP contribution in [0, 0.1) is 0 Å². The fraction of sp³-hybridized carbons (Fsp3) is 0.588. The molecule has 0 unspecified atom stereocenters. The van der Waals surface area contributed by atoms with Crippen molar-refractivity contribution < 1.29 is 17.9 Å². The Morgan fingerprint density at radius 3 is 2.60 bits per heavy atom. The van der Waals surface area contributed by atoms with Gasteiger partial charge in [0.25, 0.3) is 0 Å². The Hall–Kier alpha value is -1.38. The molecule has 6 nitrogen and oxygen atoms in total. The molecule has 25 heavy (non-hydrogen) atoms. The number of hydrogen-bond acceptors (Lipinski definition) is 5. The van der Waals surface area contributed by atoms with Crippen molar-refractivity contribution >= 4 is 27.2 Å². The summed E-state index contributed by atoms with van der Waals surface area (Å²) in [7, 11) is 0.339. The number of rotatable bonds is 8. The van der Waals surface area contributed by atoms with Crippen LogP contribution in [-0.2, 0) is 21.1 Å². The SMILES string of the molecule is COCCCN(C(=S)NCc1ccc(OC)cc1)[C@@H]1CCS(=O)(=O)C1. The van der Waals surface area contributed by atoms with Crippen LogP contribution < -0.4 is 10.1 Å². The van der Waals surface area contributed by atoms with Gasteiger partial charge in [-0.25, -0.2) is 8.42 Å². The number of ether oxygens (including phenoxy) is 2. The summed E-state index contributed by atoms with van der Waals surface area (Å²) < 4.78 is 33.9. The van der Waals surface area contributed by atoms with Gasteiger partial charge in [0.2, 0.25) is 0 Å². The molecule has 8 heteroatoms. The molecule has 0 radical (unpaired) electrons. The Morgan fingerprint density at radius 2 is 2.04 bits per heavy atom. The minimum absolute atomic E-state index is 0.0577. The Kier molecular flexibility index (Phi) is 7.46. The highest BCUT2D eigenvalue weighted by atomic mass is 32.2. The number of methoxy groups -OCH3 is 2. The molecule has 1 aliphatic heterocycles. The molecule has 1 fully saturated rings. The van der Waals surface area contributed by atoms with E-state index in [1.54, 1.807) is 14.2 Å². The Labute approximate surface area is 155 Å². The van der Waals surface area contributed by atoms with Crippen LogP contribution in [0.25, 0.3) is 0 Å². The Balaban J connectivity index is 1.96. The van der Waals surface area contributed by atoms with Crippen LogP contribution in [0.4, 0.5) is 0 Å². The van der Waals surface area contributed by atoms with Crippen molar-refractivity contribution in [3.63, 3.8) is 0 Å². The summed E-state index contributed by atoms with van der Waals surface area (Å²) in [5.74, 6) is 1.22. The number of nitrogens with zero attached hydrogens (tertiary/aromatic N) is 1. The summed E-state index contributed by atoms with van der Waals surface area (Å²) in [5, 5.41) is 3.84. The van der Waals surface area contributed by atoms with Crippen molar-refractivity contribution in [2.45, 2.75) is 25.4 Å². The summed E-state index contributed by atoms with van der Waals surface area (Å²) >= 11 is 5.54. The van der Waals surface area contributed by atoms with Gasteiger partial charge in [-0.1, -0.05) is 12.1 Å². The first-order valence-corrected chi connectivity index (χ1v) is 10.5. The fourth-order valence-electron chi connectivity index (χ4n) is 2.87. The second-order valence-corrected chi connectivity index (χ2v) is 8.72. The number of hydrogen-bond donors (Lipinski definition) is 1. The van der Waals surface area contributed by atoms with E-state index in [0.717, 1.165) is 17.7 Å². The highest BCUT2D eigenvalue weighted by molar-refractivity contribution is 7.91. The van der Waals surface area contributed by atoms with Gasteiger partial charge >= 0.3 is 0 Å². The van der Waals surface area contributed by atoms with E-state index in [1.807, 2.05) is 29.2 Å². The van der Waals surface area contributed by atoms with Gasteiger partial charge in [-0.05, 0) is 42.8 Å². The van der Waals surface area contributed by atoms with E-state index in [4.69, 9.17) is 21.7 Å². The lowest BCUT2D eigenvalue weighted by molar-refractivity contribution is 0.181. The third-order valence-electron chi connectivity index (χ3n) is 4.26. The lowest BCUT2D eigenvalue weighted by Gasteiger charge is -2.31. The van der Waals surface area contributed by atoms with Crippen LogP contribution in [-0.4, -0.2) is 63.3 Å². The lowest BCUT2D eigenvalue weighted by Crippen LogP contribution is -2.47. The largest absolute Gasteiger partial charge is 0.497 e. The molecule has 2 rings (SSSR count). The molecule has 0 aromatic heterocycles. The van der Waals surface area contributed by atoms with E-state index in [9.17, 15) is 8.42 Å². The smallest absolute Gasteiger partial charge is 0.169 e. The zero-order valence-corrected chi connectivity index (χ0v) is 16.4. The fourth-order valence-corrected chi connectivity index (χ4v) is 4.92. The van der Waals surface area contributed by atoms with Crippen LogP contribution in [0.5, 0.6) is 5.75 Å². The van der Waals surface area contributed by atoms with Crippen LogP contribution >= 0.6 is 12.2 Å². The van der Waals surface area contributed by atoms with E-state index >= 15 is 0 Å². The molecule has 1 saturated heterocycles. The van der Waals surface area contributed by atoms with Gasteiger partial charge in [0.05, 0.1) is 18.6 Å². The summed E-state index contributed by atoms with van der Waals surface area (Å²) in [6, 6.07) is 7.70. The van der Waals surface area contributed by atoms with E-state index < -0.39 is 9.84 Å². The maximum atomic E-state index is 11.8. The highest BCUT2D eigenvalue weighted by Crippen LogP contribution is 2.19. The molecular weight excluding hydrogens is 360 g/mol. The number of benzene rings is 1. The van der Waals surface area contributed by atoms with Crippen molar-refractivity contribution in [3.05, 3.63) is 29.8 Å². The van der Waals surface area contributed by atoms with Gasteiger partial charge in [0, 0.05) is 32.8 Å². The summed E-state index contributed by atoms with van der Waals surface area (Å²) in [6.07, 6.45) is 1.43. The minimum atomic E-state index is -2.95. The van der Waals surface area contributed by atoms with Crippen molar-refractivity contribution in [2.75, 3.05) is 38.9 Å². The monoisotopic (exact) mass is 386 g/mol. The number of nitrogens with one attached hydrogen (secondary N) is 1. The average molecular weight is 387 g/mol. The Bertz CT molecular complexity index is 662. The van der Waals surface area contributed by atoms with Crippen molar-refractivity contribution in [2.24, 2.45) is 0 Å². The molecule has 1 atom stereocenters. The van der Waals surface area contributed by atoms with E-state index in [2.05, 4.69) is 5.32 Å². The molecule has 0 amide bonds. The van der Waals surface area contributed by atoms with Crippen LogP contribution in [0.3, 0.4) is 0 Å². The summed E-state index contributed by atoms with van der Waals surface area (Å²) in [4.78, 5) is 2.00. The quantitative estimate of drug-likeness (QED) is 0.538. The van der Waals surface area contributed by atoms with E-state index in [1.165, 1.54) is 0 Å². The summed E-state index contributed by atoms with van der Waals surface area (Å²) in [5.41, 5.74) is 1.08. The molecular formula is C17H26N2O4S2. The van der Waals surface area contributed by atoms with Gasteiger partial charge in [0.1, 0.15) is 5.75 Å².